The monoisotopic (exact) mass is 424 g/mol. The van der Waals surface area contributed by atoms with Crippen molar-refractivity contribution >= 4 is 11.8 Å². The Labute approximate surface area is 182 Å². The molecule has 0 unspecified atom stereocenters. The van der Waals surface area contributed by atoms with Crippen LogP contribution in [0.3, 0.4) is 0 Å². The molecule has 2 aliphatic rings. The predicted octanol–water partition coefficient (Wildman–Crippen LogP) is 2.48. The molecular formula is C24H28N2O5. The molecule has 2 aromatic rings. The molecule has 0 spiro atoms. The van der Waals surface area contributed by atoms with Crippen molar-refractivity contribution in [1.29, 1.82) is 0 Å². The van der Waals surface area contributed by atoms with E-state index in [1.165, 1.54) is 0 Å². The molecule has 2 fully saturated rings. The number of amides is 2. The van der Waals surface area contributed by atoms with Gasteiger partial charge in [0.2, 0.25) is 0 Å². The molecule has 2 saturated heterocycles. The van der Waals surface area contributed by atoms with Crippen molar-refractivity contribution < 1.29 is 23.8 Å². The molecule has 7 heteroatoms. The summed E-state index contributed by atoms with van der Waals surface area (Å²) in [6.45, 7) is 4.58. The van der Waals surface area contributed by atoms with Crippen molar-refractivity contribution in [3.8, 4) is 0 Å². The Morgan fingerprint density at radius 1 is 1.03 bits per heavy atom. The van der Waals surface area contributed by atoms with Gasteiger partial charge in [0.1, 0.15) is 17.8 Å². The lowest BCUT2D eigenvalue weighted by Crippen LogP contribution is -2.52. The smallest absolute Gasteiger partial charge is 0.253 e. The van der Waals surface area contributed by atoms with Crippen LogP contribution in [0.25, 0.3) is 0 Å². The minimum absolute atomic E-state index is 0.0859. The van der Waals surface area contributed by atoms with Crippen LogP contribution in [0.4, 0.5) is 0 Å². The summed E-state index contributed by atoms with van der Waals surface area (Å²) in [5, 5.41) is 2.96. The number of nitrogens with one attached hydrogen (secondary N) is 1. The molecule has 31 heavy (non-hydrogen) atoms. The Kier molecular flexibility index (Phi) is 5.83. The maximum absolute atomic E-state index is 12.7. The van der Waals surface area contributed by atoms with Crippen molar-refractivity contribution in [3.05, 3.63) is 71.8 Å². The van der Waals surface area contributed by atoms with Crippen LogP contribution < -0.4 is 5.32 Å². The average Bonchev–Trinajstić information content (AvgIpc) is 3.23. The van der Waals surface area contributed by atoms with E-state index in [4.69, 9.17) is 14.2 Å². The molecule has 164 valence electrons. The molecule has 2 heterocycles. The third-order valence-electron chi connectivity index (χ3n) is 5.66. The van der Waals surface area contributed by atoms with E-state index in [-0.39, 0.29) is 31.1 Å². The highest BCUT2D eigenvalue weighted by Gasteiger charge is 2.61. The topological polar surface area (TPSA) is 77.1 Å². The first-order chi connectivity index (χ1) is 14.8. The lowest BCUT2D eigenvalue weighted by Gasteiger charge is -2.27. The first-order valence-electron chi connectivity index (χ1n) is 10.4. The summed E-state index contributed by atoms with van der Waals surface area (Å²) in [5.74, 6) is -1.08. The molecule has 1 N–H and O–H groups in total. The number of likely N-dealkylation sites (N-methyl/N-ethyl adjacent to an activating group) is 1. The van der Waals surface area contributed by atoms with Crippen molar-refractivity contribution in [2.75, 3.05) is 26.7 Å². The fourth-order valence-corrected chi connectivity index (χ4v) is 4.26. The van der Waals surface area contributed by atoms with Crippen LogP contribution in [0.1, 0.15) is 34.6 Å². The second-order valence-corrected chi connectivity index (χ2v) is 8.55. The lowest BCUT2D eigenvalue weighted by atomic mass is 9.96. The van der Waals surface area contributed by atoms with Gasteiger partial charge in [-0.2, -0.15) is 0 Å². The molecule has 0 aliphatic carbocycles. The molecular weight excluding hydrogens is 396 g/mol. The Morgan fingerprint density at radius 2 is 1.65 bits per heavy atom. The van der Waals surface area contributed by atoms with Crippen LogP contribution in [-0.2, 0) is 14.2 Å². The van der Waals surface area contributed by atoms with E-state index in [0.717, 1.165) is 0 Å². The van der Waals surface area contributed by atoms with Gasteiger partial charge in [0, 0.05) is 24.7 Å². The van der Waals surface area contributed by atoms with Gasteiger partial charge in [-0.15, -0.1) is 0 Å². The van der Waals surface area contributed by atoms with Crippen LogP contribution in [0.15, 0.2) is 60.7 Å². The van der Waals surface area contributed by atoms with E-state index in [9.17, 15) is 9.59 Å². The maximum Gasteiger partial charge on any atom is 0.253 e. The molecule has 4 rings (SSSR count). The van der Waals surface area contributed by atoms with Gasteiger partial charge in [0.05, 0.1) is 13.2 Å². The first-order valence-corrected chi connectivity index (χ1v) is 10.4. The summed E-state index contributed by atoms with van der Waals surface area (Å²) in [5.41, 5.74) is 0.389. The molecule has 7 nitrogen and oxygen atoms in total. The van der Waals surface area contributed by atoms with E-state index in [0.29, 0.717) is 17.7 Å². The van der Waals surface area contributed by atoms with Crippen molar-refractivity contribution in [3.63, 3.8) is 0 Å². The Balaban J connectivity index is 1.45. The fraction of sp³-hybridized carbons (Fsp3) is 0.417. The number of nitrogens with zero attached hydrogens (tertiary/aromatic N) is 1. The Morgan fingerprint density at radius 3 is 2.29 bits per heavy atom. The van der Waals surface area contributed by atoms with Gasteiger partial charge in [-0.05, 0) is 38.1 Å². The molecule has 2 aliphatic heterocycles. The predicted molar refractivity (Wildman–Crippen MR) is 115 cm³/mol. The van der Waals surface area contributed by atoms with Crippen molar-refractivity contribution in [2.45, 2.75) is 37.4 Å². The first kappa shape index (κ1) is 21.5. The molecule has 2 aromatic carbocycles. The van der Waals surface area contributed by atoms with Crippen LogP contribution in [0, 0.1) is 0 Å². The highest BCUT2D eigenvalue weighted by molar-refractivity contribution is 5.94. The second kappa shape index (κ2) is 8.42. The van der Waals surface area contributed by atoms with Gasteiger partial charge in [-0.3, -0.25) is 9.59 Å². The maximum atomic E-state index is 12.7. The molecule has 0 radical (unpaired) electrons. The molecule has 2 amide bonds. The summed E-state index contributed by atoms with van der Waals surface area (Å²) in [6.07, 6.45) is -0.780. The minimum atomic E-state index is -0.813. The number of ether oxygens (including phenoxy) is 3. The molecule has 0 aromatic heterocycles. The number of carbonyl (C=O) groups excluding carboxylic acids is 2. The SMILES string of the molecule is CN(C[C@H]1OC[C@]2(CNC(=O)c3ccccc3)OC(C)(C)O[C@H]12)C(=O)c1ccccc1. The van der Waals surface area contributed by atoms with E-state index in [1.54, 1.807) is 36.2 Å². The van der Waals surface area contributed by atoms with E-state index < -0.39 is 17.5 Å². The number of hydrogen-bond donors (Lipinski definition) is 1. The third kappa shape index (κ3) is 4.49. The second-order valence-electron chi connectivity index (χ2n) is 8.55. The summed E-state index contributed by atoms with van der Waals surface area (Å²) >= 11 is 0. The molecule has 0 saturated carbocycles. The quantitative estimate of drug-likeness (QED) is 0.771. The third-order valence-corrected chi connectivity index (χ3v) is 5.66. The Bertz CT molecular complexity index is 934. The van der Waals surface area contributed by atoms with Gasteiger partial charge in [-0.25, -0.2) is 0 Å². The summed E-state index contributed by atoms with van der Waals surface area (Å²) in [6, 6.07) is 18.2. The number of fused-ring (bicyclic) bond motifs is 1. The lowest BCUT2D eigenvalue weighted by molar-refractivity contribution is -0.189. The standard InChI is InChI=1S/C24H28N2O5/c1-23(2)30-20-19(14-26(3)22(28)18-12-8-5-9-13-18)29-16-24(20,31-23)15-25-21(27)17-10-6-4-7-11-17/h4-13,19-20H,14-16H2,1-3H3,(H,25,27)/t19-,20-,24+/m1/s1. The fourth-order valence-electron chi connectivity index (χ4n) is 4.26. The Hall–Kier alpha value is -2.74. The van der Waals surface area contributed by atoms with Crippen LogP contribution >= 0.6 is 0 Å². The van der Waals surface area contributed by atoms with E-state index >= 15 is 0 Å². The summed E-state index contributed by atoms with van der Waals surface area (Å²) < 4.78 is 18.4. The largest absolute Gasteiger partial charge is 0.370 e. The summed E-state index contributed by atoms with van der Waals surface area (Å²) in [4.78, 5) is 26.9. The number of benzene rings is 2. The van der Waals surface area contributed by atoms with Gasteiger partial charge in [0.25, 0.3) is 11.8 Å². The average molecular weight is 424 g/mol. The number of rotatable bonds is 6. The van der Waals surface area contributed by atoms with Crippen LogP contribution in [-0.4, -0.2) is 67.1 Å². The van der Waals surface area contributed by atoms with Gasteiger partial charge < -0.3 is 24.4 Å². The number of carbonyl (C=O) groups is 2. The van der Waals surface area contributed by atoms with E-state index in [2.05, 4.69) is 5.32 Å². The highest BCUT2D eigenvalue weighted by Crippen LogP contribution is 2.43. The zero-order chi connectivity index (χ0) is 22.1. The van der Waals surface area contributed by atoms with Crippen molar-refractivity contribution in [2.24, 2.45) is 0 Å². The van der Waals surface area contributed by atoms with Gasteiger partial charge in [0.15, 0.2) is 5.79 Å². The normalized spacial score (nSPS) is 26.3. The number of hydrogen-bond acceptors (Lipinski definition) is 5. The zero-order valence-electron chi connectivity index (χ0n) is 18.0. The molecule has 3 atom stereocenters. The van der Waals surface area contributed by atoms with Crippen molar-refractivity contribution in [1.82, 2.24) is 10.2 Å². The van der Waals surface area contributed by atoms with Gasteiger partial charge in [-0.1, -0.05) is 36.4 Å². The van der Waals surface area contributed by atoms with Gasteiger partial charge >= 0.3 is 0 Å². The van der Waals surface area contributed by atoms with Crippen LogP contribution in [0.5, 0.6) is 0 Å². The molecule has 0 bridgehead atoms. The zero-order valence-corrected chi connectivity index (χ0v) is 18.0. The highest BCUT2D eigenvalue weighted by atomic mass is 16.8. The summed E-state index contributed by atoms with van der Waals surface area (Å²) in [7, 11) is 1.75. The van der Waals surface area contributed by atoms with Crippen LogP contribution in [0.2, 0.25) is 0 Å². The minimum Gasteiger partial charge on any atom is -0.370 e. The van der Waals surface area contributed by atoms with E-state index in [1.807, 2.05) is 50.2 Å².